The van der Waals surface area contributed by atoms with Crippen LogP contribution in [0.4, 0.5) is 11.6 Å². The summed E-state index contributed by atoms with van der Waals surface area (Å²) in [6, 6.07) is 21.6. The molecule has 1 saturated heterocycles. The number of aliphatic hydroxyl groups is 2. The topological polar surface area (TPSA) is 238 Å². The number of carbonyl (C=O) groups excluding carboxylic acids is 3. The molecule has 3 aromatic heterocycles. The molecule has 1 aliphatic rings. The number of Topliss-reactive ketones (excluding diaryl/α,β-unsaturated/α-hetero) is 1. The third-order valence-electron chi connectivity index (χ3n) is 12.0. The number of ketones is 1. The summed E-state index contributed by atoms with van der Waals surface area (Å²) >= 11 is 6.05. The minimum Gasteiger partial charge on any atom is -0.484 e. The lowest BCUT2D eigenvalue weighted by Gasteiger charge is -2.45. The fourth-order valence-corrected chi connectivity index (χ4v) is 8.86. The number of hydrogen-bond donors (Lipinski definition) is 6. The van der Waals surface area contributed by atoms with Crippen molar-refractivity contribution in [3.63, 3.8) is 0 Å². The zero-order valence-corrected chi connectivity index (χ0v) is 38.0. The number of aromatic nitrogens is 4. The van der Waals surface area contributed by atoms with E-state index in [0.717, 1.165) is 86.7 Å². The lowest BCUT2D eigenvalue weighted by Crippen LogP contribution is -2.55. The Balaban J connectivity index is 1.04. The number of hydrogen-bond acceptors (Lipinski definition) is 13. The molecule has 16 nitrogen and oxygen atoms in total. The monoisotopic (exact) mass is 922 g/mol. The van der Waals surface area contributed by atoms with Crippen molar-refractivity contribution in [1.82, 2.24) is 30.6 Å². The summed E-state index contributed by atoms with van der Waals surface area (Å²) in [4.78, 5) is 54.8. The molecule has 6 rings (SSSR count). The zero-order valence-electron chi connectivity index (χ0n) is 37.2. The van der Waals surface area contributed by atoms with Gasteiger partial charge in [-0.05, 0) is 97.2 Å². The van der Waals surface area contributed by atoms with Crippen LogP contribution in [0.3, 0.4) is 0 Å². The number of nitrogens with two attached hydrogens (primary N) is 2. The van der Waals surface area contributed by atoms with Gasteiger partial charge in [-0.25, -0.2) is 9.97 Å². The molecule has 66 heavy (non-hydrogen) atoms. The van der Waals surface area contributed by atoms with Gasteiger partial charge in [0.25, 0.3) is 11.8 Å². The van der Waals surface area contributed by atoms with Crippen LogP contribution in [0.15, 0.2) is 97.6 Å². The van der Waals surface area contributed by atoms with E-state index in [1.807, 2.05) is 36.4 Å². The number of piperidine rings is 1. The largest absolute Gasteiger partial charge is 0.484 e. The van der Waals surface area contributed by atoms with Gasteiger partial charge in [-0.1, -0.05) is 48.0 Å². The first-order valence-corrected chi connectivity index (χ1v) is 22.9. The SMILES string of the molecule is Nc1nc(N)c(C(=O)CCC[C@H]2CCC[N+](CCCc3cccc(OCC(=O)NC(CO)c4cccnc4)c3)(CCCc3cccc(OCC(=O)NC(CO)c4cccnc4)c3)C2)nc1Cl. The van der Waals surface area contributed by atoms with Crippen molar-refractivity contribution in [2.45, 2.75) is 69.9 Å². The first-order chi connectivity index (χ1) is 32.0. The zero-order chi connectivity index (χ0) is 46.7. The number of benzene rings is 2. The predicted octanol–water partition coefficient (Wildman–Crippen LogP) is 5.39. The Morgan fingerprint density at radius 2 is 1.32 bits per heavy atom. The van der Waals surface area contributed by atoms with Gasteiger partial charge in [-0.3, -0.25) is 24.4 Å². The molecule has 2 amide bonds. The molecule has 1 fully saturated rings. The van der Waals surface area contributed by atoms with E-state index in [4.69, 9.17) is 32.5 Å². The molecular weight excluding hydrogens is 862 g/mol. The van der Waals surface area contributed by atoms with Gasteiger partial charge in [0, 0.05) is 50.0 Å². The number of nitrogens with one attached hydrogen (secondary N) is 2. The summed E-state index contributed by atoms with van der Waals surface area (Å²) < 4.78 is 12.7. The summed E-state index contributed by atoms with van der Waals surface area (Å²) in [5.74, 6) is 0.723. The molecule has 8 N–H and O–H groups in total. The van der Waals surface area contributed by atoms with Gasteiger partial charge >= 0.3 is 0 Å². The number of nitrogen functional groups attached to an aromatic ring is 2. The molecule has 0 aliphatic carbocycles. The number of amides is 2. The predicted molar refractivity (Wildman–Crippen MR) is 251 cm³/mol. The van der Waals surface area contributed by atoms with Crippen molar-refractivity contribution in [2.24, 2.45) is 5.92 Å². The molecule has 4 heterocycles. The Morgan fingerprint density at radius 1 is 0.758 bits per heavy atom. The van der Waals surface area contributed by atoms with Gasteiger partial charge in [0.2, 0.25) is 0 Å². The first-order valence-electron chi connectivity index (χ1n) is 22.5. The summed E-state index contributed by atoms with van der Waals surface area (Å²) in [6.45, 7) is 3.11. The quantitative estimate of drug-likeness (QED) is 0.0319. The fourth-order valence-electron chi connectivity index (χ4n) is 8.74. The lowest BCUT2D eigenvalue weighted by atomic mass is 9.89. The Hall–Kier alpha value is -6.20. The summed E-state index contributed by atoms with van der Waals surface area (Å²) in [6.07, 6.45) is 14.1. The second-order valence-corrected chi connectivity index (χ2v) is 17.3. The average molecular weight is 924 g/mol. The van der Waals surface area contributed by atoms with Crippen molar-refractivity contribution in [1.29, 1.82) is 0 Å². The normalized spacial score (nSPS) is 16.7. The molecular formula is C49H61ClN9O7+. The standard InChI is InChI=1S/C49H60ClN9O7/c50-47-49(52)58-48(51)46(57-47)43(62)19-3-11-36-14-8-24-59(29-36,22-6-12-34-9-1-17-39(25-34)65-32-44(63)55-41(30-60)37-15-4-20-53-27-37)23-7-13-35-10-2-18-40(26-35)66-33-45(64)56-42(31-61)38-16-5-21-54-28-38/h1-2,4-5,9-10,15-18,20-21,25-28,36,41-42,60-61H,3,6-8,11-14,19,22-24,29-33H2,(H5-,51,52,55,56,58,62,63,64)/p+1/t36-,41?,42?,59?/m0/s1. The molecule has 2 unspecified atom stereocenters. The number of likely N-dealkylation sites (tertiary alicyclic amines) is 1. The number of nitrogens with zero attached hydrogens (tertiary/aromatic N) is 5. The molecule has 0 radical (unpaired) electrons. The molecule has 0 bridgehead atoms. The highest BCUT2D eigenvalue weighted by Crippen LogP contribution is 2.30. The van der Waals surface area contributed by atoms with E-state index in [0.29, 0.717) is 35.0 Å². The minimum atomic E-state index is -0.577. The van der Waals surface area contributed by atoms with E-state index >= 15 is 0 Å². The van der Waals surface area contributed by atoms with Crippen molar-refractivity contribution < 1.29 is 38.6 Å². The van der Waals surface area contributed by atoms with Crippen LogP contribution in [0, 0.1) is 5.92 Å². The molecule has 0 spiro atoms. The molecule has 350 valence electrons. The van der Waals surface area contributed by atoms with Gasteiger partial charge in [-0.2, -0.15) is 0 Å². The van der Waals surface area contributed by atoms with Gasteiger partial charge in [-0.15, -0.1) is 0 Å². The molecule has 17 heteroatoms. The van der Waals surface area contributed by atoms with Crippen LogP contribution < -0.4 is 31.6 Å². The second kappa shape index (κ2) is 24.9. The van der Waals surface area contributed by atoms with Crippen molar-refractivity contribution in [2.75, 3.05) is 64.1 Å². The highest BCUT2D eigenvalue weighted by Gasteiger charge is 2.34. The number of rotatable bonds is 25. The Labute approximate surface area is 390 Å². The smallest absolute Gasteiger partial charge is 0.258 e. The van der Waals surface area contributed by atoms with E-state index in [2.05, 4.69) is 42.7 Å². The highest BCUT2D eigenvalue weighted by molar-refractivity contribution is 6.31. The van der Waals surface area contributed by atoms with Gasteiger partial charge < -0.3 is 46.3 Å². The number of aryl methyl sites for hydroxylation is 2. The highest BCUT2D eigenvalue weighted by atomic mass is 35.5. The van der Waals surface area contributed by atoms with E-state index in [1.54, 1.807) is 49.1 Å². The fraction of sp³-hybridized carbons (Fsp3) is 0.408. The minimum absolute atomic E-state index is 0.00536. The first kappa shape index (κ1) is 49.2. The molecule has 2 aromatic carbocycles. The number of anilines is 2. The van der Waals surface area contributed by atoms with E-state index in [-0.39, 0.29) is 72.9 Å². The lowest BCUT2D eigenvalue weighted by molar-refractivity contribution is -0.936. The number of pyridine rings is 2. The average Bonchev–Trinajstić information content (AvgIpc) is 3.33. The van der Waals surface area contributed by atoms with Gasteiger partial charge in [0.1, 0.15) is 17.2 Å². The summed E-state index contributed by atoms with van der Waals surface area (Å²) in [7, 11) is 0. The van der Waals surface area contributed by atoms with Gasteiger partial charge in [0.05, 0.1) is 51.5 Å². The molecule has 5 aromatic rings. The molecule has 0 saturated carbocycles. The van der Waals surface area contributed by atoms with E-state index < -0.39 is 12.1 Å². The Bertz CT molecular complexity index is 2230. The maximum absolute atomic E-state index is 13.1. The van der Waals surface area contributed by atoms with Crippen molar-refractivity contribution in [3.05, 3.63) is 131 Å². The maximum atomic E-state index is 13.1. The van der Waals surface area contributed by atoms with E-state index in [9.17, 15) is 24.6 Å². The van der Waals surface area contributed by atoms with Crippen molar-refractivity contribution in [3.8, 4) is 11.5 Å². The number of halogens is 1. The number of carbonyl (C=O) groups is 3. The summed E-state index contributed by atoms with van der Waals surface area (Å²) in [5.41, 5.74) is 15.4. The molecule has 3 atom stereocenters. The number of quaternary nitrogens is 1. The third-order valence-corrected chi connectivity index (χ3v) is 12.3. The third kappa shape index (κ3) is 14.9. The van der Waals surface area contributed by atoms with Crippen molar-refractivity contribution >= 4 is 40.8 Å². The van der Waals surface area contributed by atoms with Crippen LogP contribution in [-0.4, -0.2) is 105 Å². The van der Waals surface area contributed by atoms with Crippen LogP contribution >= 0.6 is 11.6 Å². The Morgan fingerprint density at radius 3 is 1.83 bits per heavy atom. The van der Waals surface area contributed by atoms with Crippen LogP contribution in [-0.2, 0) is 22.4 Å². The van der Waals surface area contributed by atoms with Gasteiger partial charge in [0.15, 0.2) is 35.8 Å². The molecule has 1 aliphatic heterocycles. The second-order valence-electron chi connectivity index (χ2n) is 16.9. The van der Waals surface area contributed by atoms with Crippen LogP contribution in [0.2, 0.25) is 5.15 Å². The Kier molecular flexibility index (Phi) is 18.6. The van der Waals surface area contributed by atoms with Crippen LogP contribution in [0.1, 0.15) is 89.8 Å². The van der Waals surface area contributed by atoms with E-state index in [1.165, 1.54) is 0 Å². The van der Waals surface area contributed by atoms with Crippen LogP contribution in [0.25, 0.3) is 0 Å². The number of ether oxygens (including phenoxy) is 2. The summed E-state index contributed by atoms with van der Waals surface area (Å²) in [5, 5.41) is 25.3. The van der Waals surface area contributed by atoms with Crippen LogP contribution in [0.5, 0.6) is 11.5 Å². The number of aliphatic hydroxyl groups excluding tert-OH is 2. The maximum Gasteiger partial charge on any atom is 0.258 e.